The zero-order chi connectivity index (χ0) is 11.5. The fraction of sp³-hybridized carbons (Fsp3) is 0.308. The van der Waals surface area contributed by atoms with Crippen LogP contribution in [-0.4, -0.2) is 17.2 Å². The highest BCUT2D eigenvalue weighted by Crippen LogP contribution is 2.23. The summed E-state index contributed by atoms with van der Waals surface area (Å²) in [6, 6.07) is 6.54. The predicted molar refractivity (Wildman–Crippen MR) is 66.3 cm³/mol. The smallest absolute Gasteiger partial charge is 0.0695 e. The molecule has 84 valence electrons. The van der Waals surface area contributed by atoms with Gasteiger partial charge in [-0.05, 0) is 33.0 Å². The summed E-state index contributed by atoms with van der Waals surface area (Å²) in [5, 5.41) is 10.3. The first-order valence-corrected chi connectivity index (χ1v) is 5.46. The van der Waals surface area contributed by atoms with Crippen LogP contribution in [-0.2, 0) is 6.54 Å². The van der Waals surface area contributed by atoms with E-state index >= 15 is 0 Å². The van der Waals surface area contributed by atoms with Crippen LogP contribution in [0.2, 0.25) is 0 Å². The Morgan fingerprint density at radius 2 is 1.88 bits per heavy atom. The summed E-state index contributed by atoms with van der Waals surface area (Å²) in [6.45, 7) is 5.06. The SMILES string of the molecule is CNCc1cn[nH]c1-c1cc(C)cc(C)c1. The Morgan fingerprint density at radius 3 is 2.50 bits per heavy atom. The third-order valence-corrected chi connectivity index (χ3v) is 2.60. The Labute approximate surface area is 95.9 Å². The molecule has 0 saturated heterocycles. The average molecular weight is 215 g/mol. The minimum Gasteiger partial charge on any atom is -0.316 e. The highest BCUT2D eigenvalue weighted by atomic mass is 15.1. The summed E-state index contributed by atoms with van der Waals surface area (Å²) in [6.07, 6.45) is 1.88. The Bertz CT molecular complexity index is 465. The lowest BCUT2D eigenvalue weighted by molar-refractivity contribution is 0.820. The van der Waals surface area contributed by atoms with Gasteiger partial charge in [-0.2, -0.15) is 5.10 Å². The molecule has 3 heteroatoms. The molecule has 0 fully saturated rings. The summed E-state index contributed by atoms with van der Waals surface area (Å²) < 4.78 is 0. The number of hydrogen-bond acceptors (Lipinski definition) is 2. The van der Waals surface area contributed by atoms with Crippen LogP contribution in [0.5, 0.6) is 0 Å². The van der Waals surface area contributed by atoms with Crippen LogP contribution in [0, 0.1) is 13.8 Å². The van der Waals surface area contributed by atoms with Gasteiger partial charge in [-0.1, -0.05) is 17.2 Å². The number of benzene rings is 1. The van der Waals surface area contributed by atoms with Crippen molar-refractivity contribution in [3.05, 3.63) is 41.1 Å². The first-order valence-electron chi connectivity index (χ1n) is 5.46. The van der Waals surface area contributed by atoms with E-state index in [4.69, 9.17) is 0 Å². The van der Waals surface area contributed by atoms with Crippen LogP contribution >= 0.6 is 0 Å². The maximum atomic E-state index is 4.11. The predicted octanol–water partition coefficient (Wildman–Crippen LogP) is 2.41. The molecule has 2 rings (SSSR count). The Morgan fingerprint density at radius 1 is 1.19 bits per heavy atom. The van der Waals surface area contributed by atoms with Crippen molar-refractivity contribution in [3.63, 3.8) is 0 Å². The summed E-state index contributed by atoms with van der Waals surface area (Å²) in [7, 11) is 1.94. The zero-order valence-electron chi connectivity index (χ0n) is 9.96. The first-order chi connectivity index (χ1) is 7.70. The number of aromatic nitrogens is 2. The molecule has 0 unspecified atom stereocenters. The normalized spacial score (nSPS) is 10.7. The van der Waals surface area contributed by atoms with Crippen molar-refractivity contribution >= 4 is 0 Å². The fourth-order valence-electron chi connectivity index (χ4n) is 2.00. The topological polar surface area (TPSA) is 40.7 Å². The lowest BCUT2D eigenvalue weighted by Crippen LogP contribution is -2.05. The summed E-state index contributed by atoms with van der Waals surface area (Å²) >= 11 is 0. The van der Waals surface area contributed by atoms with Gasteiger partial charge in [0.05, 0.1) is 11.9 Å². The third kappa shape index (κ3) is 2.14. The van der Waals surface area contributed by atoms with E-state index in [0.29, 0.717) is 0 Å². The lowest BCUT2D eigenvalue weighted by Gasteiger charge is -2.05. The molecule has 0 radical (unpaired) electrons. The van der Waals surface area contributed by atoms with E-state index in [0.717, 1.165) is 12.2 Å². The molecule has 0 aliphatic carbocycles. The molecule has 0 saturated carbocycles. The van der Waals surface area contributed by atoms with Crippen molar-refractivity contribution in [2.75, 3.05) is 7.05 Å². The minimum absolute atomic E-state index is 0.832. The van der Waals surface area contributed by atoms with Crippen LogP contribution in [0.3, 0.4) is 0 Å². The molecule has 0 aliphatic heterocycles. The molecule has 2 aromatic rings. The molecule has 0 atom stereocenters. The molecular formula is C13H17N3. The fourth-order valence-corrected chi connectivity index (χ4v) is 2.00. The second-order valence-corrected chi connectivity index (χ2v) is 4.18. The van der Waals surface area contributed by atoms with E-state index in [1.807, 2.05) is 13.2 Å². The van der Waals surface area contributed by atoms with E-state index in [1.54, 1.807) is 0 Å². The molecule has 1 aromatic carbocycles. The minimum atomic E-state index is 0.832. The number of aryl methyl sites for hydroxylation is 2. The van der Waals surface area contributed by atoms with Crippen molar-refractivity contribution in [1.82, 2.24) is 15.5 Å². The summed E-state index contributed by atoms with van der Waals surface area (Å²) in [4.78, 5) is 0. The Kier molecular flexibility index (Phi) is 3.06. The second kappa shape index (κ2) is 4.49. The molecule has 0 amide bonds. The number of H-pyrrole nitrogens is 1. The largest absolute Gasteiger partial charge is 0.316 e. The molecule has 16 heavy (non-hydrogen) atoms. The highest BCUT2D eigenvalue weighted by molar-refractivity contribution is 5.64. The number of aromatic amines is 1. The van der Waals surface area contributed by atoms with Gasteiger partial charge >= 0.3 is 0 Å². The first kappa shape index (κ1) is 10.9. The average Bonchev–Trinajstić information content (AvgIpc) is 2.65. The molecule has 1 heterocycles. The van der Waals surface area contributed by atoms with Gasteiger partial charge in [0, 0.05) is 17.7 Å². The Hall–Kier alpha value is -1.61. The molecule has 0 aliphatic rings. The maximum Gasteiger partial charge on any atom is 0.0695 e. The van der Waals surface area contributed by atoms with Gasteiger partial charge < -0.3 is 5.32 Å². The summed E-state index contributed by atoms with van der Waals surface area (Å²) in [5.74, 6) is 0. The number of rotatable bonds is 3. The Balaban J connectivity index is 2.45. The second-order valence-electron chi connectivity index (χ2n) is 4.18. The molecule has 0 spiro atoms. The van der Waals surface area contributed by atoms with Gasteiger partial charge in [0.15, 0.2) is 0 Å². The van der Waals surface area contributed by atoms with Crippen LogP contribution in [0.15, 0.2) is 24.4 Å². The maximum absolute atomic E-state index is 4.11. The van der Waals surface area contributed by atoms with Crippen LogP contribution < -0.4 is 5.32 Å². The van der Waals surface area contributed by atoms with Gasteiger partial charge in [-0.25, -0.2) is 0 Å². The van der Waals surface area contributed by atoms with E-state index in [1.165, 1.54) is 22.3 Å². The van der Waals surface area contributed by atoms with Crippen molar-refractivity contribution in [2.45, 2.75) is 20.4 Å². The monoisotopic (exact) mass is 215 g/mol. The highest BCUT2D eigenvalue weighted by Gasteiger charge is 2.07. The lowest BCUT2D eigenvalue weighted by atomic mass is 10.0. The van der Waals surface area contributed by atoms with Crippen LogP contribution in [0.4, 0.5) is 0 Å². The quantitative estimate of drug-likeness (QED) is 0.825. The van der Waals surface area contributed by atoms with Crippen LogP contribution in [0.25, 0.3) is 11.3 Å². The van der Waals surface area contributed by atoms with E-state index in [2.05, 4.69) is 47.6 Å². The molecule has 0 bridgehead atoms. The molecule has 3 nitrogen and oxygen atoms in total. The van der Waals surface area contributed by atoms with Gasteiger partial charge in [-0.3, -0.25) is 5.10 Å². The van der Waals surface area contributed by atoms with Gasteiger partial charge in [0.2, 0.25) is 0 Å². The summed E-state index contributed by atoms with van der Waals surface area (Å²) in [5.41, 5.74) is 6.08. The number of hydrogen-bond donors (Lipinski definition) is 2. The zero-order valence-corrected chi connectivity index (χ0v) is 9.96. The van der Waals surface area contributed by atoms with Crippen molar-refractivity contribution < 1.29 is 0 Å². The standard InChI is InChI=1S/C13H17N3/c1-9-4-10(2)6-11(5-9)13-12(7-14-3)8-15-16-13/h4-6,8,14H,7H2,1-3H3,(H,15,16). The number of nitrogens with zero attached hydrogens (tertiary/aromatic N) is 1. The van der Waals surface area contributed by atoms with E-state index in [-0.39, 0.29) is 0 Å². The van der Waals surface area contributed by atoms with Crippen LogP contribution in [0.1, 0.15) is 16.7 Å². The van der Waals surface area contributed by atoms with Gasteiger partial charge in [-0.15, -0.1) is 0 Å². The van der Waals surface area contributed by atoms with Crippen molar-refractivity contribution in [3.8, 4) is 11.3 Å². The number of nitrogens with one attached hydrogen (secondary N) is 2. The van der Waals surface area contributed by atoms with Gasteiger partial charge in [0.25, 0.3) is 0 Å². The van der Waals surface area contributed by atoms with Crippen molar-refractivity contribution in [2.24, 2.45) is 0 Å². The van der Waals surface area contributed by atoms with Gasteiger partial charge in [0.1, 0.15) is 0 Å². The van der Waals surface area contributed by atoms with E-state index < -0.39 is 0 Å². The molecule has 2 N–H and O–H groups in total. The third-order valence-electron chi connectivity index (χ3n) is 2.60. The molecular weight excluding hydrogens is 198 g/mol. The van der Waals surface area contributed by atoms with E-state index in [9.17, 15) is 0 Å². The van der Waals surface area contributed by atoms with Crippen molar-refractivity contribution in [1.29, 1.82) is 0 Å². The molecule has 1 aromatic heterocycles.